The van der Waals surface area contributed by atoms with Crippen molar-refractivity contribution in [2.24, 2.45) is 17.8 Å². The van der Waals surface area contributed by atoms with Crippen LogP contribution in [0.5, 0.6) is 0 Å². The molecule has 9 nitrogen and oxygen atoms in total. The lowest BCUT2D eigenvalue weighted by atomic mass is 9.76. The summed E-state index contributed by atoms with van der Waals surface area (Å²) in [5, 5.41) is 21.6. The molecule has 0 aliphatic heterocycles. The van der Waals surface area contributed by atoms with Gasteiger partial charge in [0.25, 0.3) is 5.69 Å². The number of methoxy groups -OCH3 is 1. The van der Waals surface area contributed by atoms with Gasteiger partial charge in [-0.1, -0.05) is 6.08 Å². The quantitative estimate of drug-likeness (QED) is 0.234. The number of benzene rings is 1. The fourth-order valence-corrected chi connectivity index (χ4v) is 4.19. The molecule has 0 heterocycles. The van der Waals surface area contributed by atoms with Crippen molar-refractivity contribution in [3.05, 3.63) is 51.6 Å². The summed E-state index contributed by atoms with van der Waals surface area (Å²) >= 11 is 0. The minimum absolute atomic E-state index is 0.0327. The Labute approximate surface area is 172 Å². The van der Waals surface area contributed by atoms with Gasteiger partial charge in [-0.05, 0) is 32.9 Å². The molecule has 1 aromatic carbocycles. The number of nitro groups is 1. The van der Waals surface area contributed by atoms with E-state index in [9.17, 15) is 34.4 Å². The zero-order chi connectivity index (χ0) is 22.8. The number of Topliss-reactive ketones (excluding diaryl/α,β-unsaturated/α-hetero) is 3. The van der Waals surface area contributed by atoms with Crippen molar-refractivity contribution in [3.8, 4) is 0 Å². The Bertz CT molecular complexity index is 929. The van der Waals surface area contributed by atoms with E-state index >= 15 is 0 Å². The topological polar surface area (TPSA) is 141 Å². The Kier molecular flexibility index (Phi) is 6.66. The third-order valence-electron chi connectivity index (χ3n) is 5.57. The Morgan fingerprint density at radius 2 is 1.83 bits per heavy atom. The summed E-state index contributed by atoms with van der Waals surface area (Å²) in [5.74, 6) is -5.87. The van der Waals surface area contributed by atoms with E-state index in [0.717, 1.165) is 7.11 Å². The Morgan fingerprint density at radius 1 is 1.27 bits per heavy atom. The number of ether oxygens (including phenoxy) is 1. The number of aliphatic hydroxyl groups is 1. The molecule has 1 aliphatic carbocycles. The molecule has 1 fully saturated rings. The number of hydrogen-bond acceptors (Lipinski definition) is 8. The molecule has 1 aromatic rings. The molecule has 0 spiro atoms. The molecule has 4 atom stereocenters. The number of non-ortho nitro benzene ring substituents is 1. The summed E-state index contributed by atoms with van der Waals surface area (Å²) in [4.78, 5) is 60.5. The second kappa shape index (κ2) is 8.66. The van der Waals surface area contributed by atoms with Gasteiger partial charge in [0.1, 0.15) is 11.4 Å². The number of carbonyl (C=O) groups excluding carboxylic acids is 4. The Morgan fingerprint density at radius 3 is 2.27 bits per heavy atom. The first-order valence-electron chi connectivity index (χ1n) is 9.26. The van der Waals surface area contributed by atoms with Crippen molar-refractivity contribution in [3.63, 3.8) is 0 Å². The summed E-state index contributed by atoms with van der Waals surface area (Å²) in [7, 11) is 1.15. The number of ketones is 3. The third kappa shape index (κ3) is 4.06. The van der Waals surface area contributed by atoms with E-state index in [1.165, 1.54) is 51.1 Å². The molecule has 30 heavy (non-hydrogen) atoms. The average molecular weight is 417 g/mol. The summed E-state index contributed by atoms with van der Waals surface area (Å²) in [6, 6.07) is 4.88. The van der Waals surface area contributed by atoms with Crippen LogP contribution in [-0.4, -0.2) is 46.1 Å². The number of allylic oxidation sites excluding steroid dienone is 1. The fourth-order valence-electron chi connectivity index (χ4n) is 4.19. The van der Waals surface area contributed by atoms with Gasteiger partial charge >= 0.3 is 5.97 Å². The van der Waals surface area contributed by atoms with Gasteiger partial charge in [0.05, 0.1) is 18.0 Å². The Balaban J connectivity index is 2.47. The summed E-state index contributed by atoms with van der Waals surface area (Å²) in [6.07, 6.45) is 1.03. The van der Waals surface area contributed by atoms with E-state index in [2.05, 4.69) is 0 Å². The van der Waals surface area contributed by atoms with Crippen LogP contribution in [0.25, 0.3) is 0 Å². The van der Waals surface area contributed by atoms with Crippen LogP contribution >= 0.6 is 0 Å². The summed E-state index contributed by atoms with van der Waals surface area (Å²) in [5.41, 5.74) is -2.08. The van der Waals surface area contributed by atoms with Crippen LogP contribution in [0.1, 0.15) is 37.6 Å². The summed E-state index contributed by atoms with van der Waals surface area (Å²) < 4.78 is 4.76. The minimum atomic E-state index is -2.06. The predicted octanol–water partition coefficient (Wildman–Crippen LogP) is 2.06. The highest BCUT2D eigenvalue weighted by molar-refractivity contribution is 6.06. The highest BCUT2D eigenvalue weighted by Gasteiger charge is 2.60. The molecule has 0 bridgehead atoms. The normalized spacial score (nSPS) is 26.4. The third-order valence-corrected chi connectivity index (χ3v) is 5.57. The number of nitro benzene ring substituents is 1. The van der Waals surface area contributed by atoms with Crippen LogP contribution in [0.2, 0.25) is 0 Å². The van der Waals surface area contributed by atoms with Gasteiger partial charge in [0, 0.05) is 41.5 Å². The van der Waals surface area contributed by atoms with E-state index in [1.54, 1.807) is 0 Å². The SMILES string of the molecule is C/C=C(/C(=O)OC)[C@H]1[C@H](CC(=O)c2ccc([N+](=O)[O-])cc2)C(=O)[C@](C)(O)[C@H]1C(C)=O. The average Bonchev–Trinajstić information content (AvgIpc) is 2.88. The smallest absolute Gasteiger partial charge is 0.333 e. The van der Waals surface area contributed by atoms with Gasteiger partial charge in [-0.15, -0.1) is 0 Å². The van der Waals surface area contributed by atoms with Crippen molar-refractivity contribution in [1.82, 2.24) is 0 Å². The van der Waals surface area contributed by atoms with Gasteiger partial charge in [0.15, 0.2) is 11.6 Å². The van der Waals surface area contributed by atoms with E-state index in [0.29, 0.717) is 0 Å². The van der Waals surface area contributed by atoms with Crippen molar-refractivity contribution < 1.29 is 33.9 Å². The largest absolute Gasteiger partial charge is 0.466 e. The standard InChI is InChI=1S/C21H23NO8/c1-5-14(20(26)30-4)17-15(19(25)21(3,27)18(17)11(2)23)10-16(24)12-6-8-13(9-7-12)22(28)29/h5-9,15,17-18,27H,10H2,1-4H3/b14-5+/t15-,17-,18-,21+/m0/s1. The molecule has 9 heteroatoms. The minimum Gasteiger partial charge on any atom is -0.466 e. The molecule has 1 aliphatic rings. The first kappa shape index (κ1) is 23.1. The molecule has 0 amide bonds. The monoisotopic (exact) mass is 417 g/mol. The van der Waals surface area contributed by atoms with Crippen LogP contribution < -0.4 is 0 Å². The molecule has 0 aromatic heterocycles. The van der Waals surface area contributed by atoms with E-state index in [4.69, 9.17) is 4.74 Å². The van der Waals surface area contributed by atoms with Crippen LogP contribution in [0, 0.1) is 27.9 Å². The van der Waals surface area contributed by atoms with E-state index in [-0.39, 0.29) is 23.2 Å². The van der Waals surface area contributed by atoms with E-state index < -0.39 is 51.6 Å². The lowest BCUT2D eigenvalue weighted by Crippen LogP contribution is -2.42. The number of nitrogens with zero attached hydrogens (tertiary/aromatic N) is 1. The second-order valence-corrected chi connectivity index (χ2v) is 7.40. The molecular formula is C21H23NO8. The van der Waals surface area contributed by atoms with Crippen molar-refractivity contribution >= 4 is 29.0 Å². The molecule has 0 radical (unpaired) electrons. The maximum Gasteiger partial charge on any atom is 0.333 e. The zero-order valence-corrected chi connectivity index (χ0v) is 17.1. The van der Waals surface area contributed by atoms with E-state index in [1.807, 2.05) is 0 Å². The van der Waals surface area contributed by atoms with Crippen molar-refractivity contribution in [2.75, 3.05) is 7.11 Å². The van der Waals surface area contributed by atoms with Crippen molar-refractivity contribution in [1.29, 1.82) is 0 Å². The summed E-state index contributed by atoms with van der Waals surface area (Å²) in [6.45, 7) is 3.95. The first-order chi connectivity index (χ1) is 14.0. The molecule has 1 N–H and O–H groups in total. The molecular weight excluding hydrogens is 394 g/mol. The number of esters is 1. The number of hydrogen-bond donors (Lipinski definition) is 1. The predicted molar refractivity (Wildman–Crippen MR) is 105 cm³/mol. The molecule has 160 valence electrons. The van der Waals surface area contributed by atoms with Gasteiger partial charge in [0.2, 0.25) is 0 Å². The van der Waals surface area contributed by atoms with Crippen LogP contribution in [0.15, 0.2) is 35.9 Å². The highest BCUT2D eigenvalue weighted by atomic mass is 16.6. The highest BCUT2D eigenvalue weighted by Crippen LogP contribution is 2.47. The lowest BCUT2D eigenvalue weighted by molar-refractivity contribution is -0.384. The van der Waals surface area contributed by atoms with Gasteiger partial charge < -0.3 is 9.84 Å². The van der Waals surface area contributed by atoms with Crippen LogP contribution in [0.3, 0.4) is 0 Å². The maximum atomic E-state index is 13.0. The van der Waals surface area contributed by atoms with Gasteiger partial charge in [-0.3, -0.25) is 24.5 Å². The molecule has 0 unspecified atom stereocenters. The number of carbonyl (C=O) groups is 4. The maximum absolute atomic E-state index is 13.0. The van der Waals surface area contributed by atoms with Crippen molar-refractivity contribution in [2.45, 2.75) is 32.8 Å². The van der Waals surface area contributed by atoms with Crippen LogP contribution in [0.4, 0.5) is 5.69 Å². The van der Waals surface area contributed by atoms with Gasteiger partial charge in [-0.25, -0.2) is 4.79 Å². The van der Waals surface area contributed by atoms with Gasteiger partial charge in [-0.2, -0.15) is 0 Å². The molecule has 0 saturated heterocycles. The van der Waals surface area contributed by atoms with Crippen LogP contribution in [-0.2, 0) is 19.1 Å². The zero-order valence-electron chi connectivity index (χ0n) is 17.1. The lowest BCUT2D eigenvalue weighted by Gasteiger charge is -2.27. The molecule has 2 rings (SSSR count). The second-order valence-electron chi connectivity index (χ2n) is 7.40. The first-order valence-corrected chi connectivity index (χ1v) is 9.26. The fraction of sp³-hybridized carbons (Fsp3) is 0.429. The Hall–Kier alpha value is -3.20. The molecule has 1 saturated carbocycles. The number of rotatable bonds is 7.